The topological polar surface area (TPSA) is 105 Å². The Morgan fingerprint density at radius 3 is 2.67 bits per heavy atom. The highest BCUT2D eigenvalue weighted by atomic mass is 16.5. The first-order valence-corrected chi connectivity index (χ1v) is 8.92. The summed E-state index contributed by atoms with van der Waals surface area (Å²) < 4.78 is 4.98. The summed E-state index contributed by atoms with van der Waals surface area (Å²) in [7, 11) is 0. The molecule has 1 fully saturated rings. The predicted octanol–water partition coefficient (Wildman–Crippen LogP) is 1.93. The van der Waals surface area contributed by atoms with E-state index in [4.69, 9.17) is 4.74 Å². The maximum atomic E-state index is 12.1. The van der Waals surface area contributed by atoms with E-state index >= 15 is 0 Å². The molecule has 1 heterocycles. The predicted molar refractivity (Wildman–Crippen MR) is 99.2 cm³/mol. The van der Waals surface area contributed by atoms with E-state index < -0.39 is 17.9 Å². The molecule has 8 nitrogen and oxygen atoms in total. The minimum absolute atomic E-state index is 0.0132. The molecule has 0 atom stereocenters. The lowest BCUT2D eigenvalue weighted by Crippen LogP contribution is -2.32. The average Bonchev–Trinajstić information content (AvgIpc) is 2.93. The van der Waals surface area contributed by atoms with E-state index in [1.807, 2.05) is 39.0 Å². The van der Waals surface area contributed by atoms with E-state index in [2.05, 4.69) is 10.6 Å². The standard InChI is InChI=1S/C19H25N3O5/c1-12(2)14-7-4-6-13(3)18(14)21-15(23)11-27-17(25)8-5-9-22-16(24)10-20-19(22)26/h4,6-7,12H,5,8-11H2,1-3H3,(H,20,26)(H,21,23). The molecular formula is C19H25N3O5. The molecule has 1 aromatic carbocycles. The summed E-state index contributed by atoms with van der Waals surface area (Å²) in [4.78, 5) is 47.8. The van der Waals surface area contributed by atoms with Crippen molar-refractivity contribution in [3.63, 3.8) is 0 Å². The number of benzene rings is 1. The number of esters is 1. The summed E-state index contributed by atoms with van der Waals surface area (Å²) >= 11 is 0. The van der Waals surface area contributed by atoms with Gasteiger partial charge in [-0.3, -0.25) is 19.3 Å². The van der Waals surface area contributed by atoms with Crippen molar-refractivity contribution in [2.45, 2.75) is 39.5 Å². The van der Waals surface area contributed by atoms with Gasteiger partial charge in [0.15, 0.2) is 6.61 Å². The van der Waals surface area contributed by atoms with Gasteiger partial charge in [0.05, 0.1) is 6.54 Å². The third-order valence-corrected chi connectivity index (χ3v) is 4.26. The van der Waals surface area contributed by atoms with Crippen LogP contribution in [0.4, 0.5) is 10.5 Å². The SMILES string of the molecule is Cc1cccc(C(C)C)c1NC(=O)COC(=O)CCCN1C(=O)CNC1=O. The van der Waals surface area contributed by atoms with Gasteiger partial charge in [0, 0.05) is 18.7 Å². The minimum atomic E-state index is -0.550. The Morgan fingerprint density at radius 1 is 1.30 bits per heavy atom. The number of anilines is 1. The van der Waals surface area contributed by atoms with Crippen LogP contribution >= 0.6 is 0 Å². The lowest BCUT2D eigenvalue weighted by Gasteiger charge is -2.16. The molecule has 146 valence electrons. The molecule has 0 bridgehead atoms. The Morgan fingerprint density at radius 2 is 2.04 bits per heavy atom. The number of amides is 4. The Balaban J connectivity index is 1.76. The van der Waals surface area contributed by atoms with E-state index in [-0.39, 0.29) is 44.4 Å². The first-order chi connectivity index (χ1) is 12.8. The zero-order valence-corrected chi connectivity index (χ0v) is 15.8. The Labute approximate surface area is 158 Å². The number of ether oxygens (including phenoxy) is 1. The number of carbonyl (C=O) groups is 4. The number of para-hydroxylation sites is 1. The number of nitrogens with zero attached hydrogens (tertiary/aromatic N) is 1. The van der Waals surface area contributed by atoms with Gasteiger partial charge in [0.2, 0.25) is 5.91 Å². The fourth-order valence-electron chi connectivity index (χ4n) is 2.80. The van der Waals surface area contributed by atoms with E-state index in [0.717, 1.165) is 21.7 Å². The van der Waals surface area contributed by atoms with Crippen LogP contribution in [0.1, 0.15) is 43.7 Å². The minimum Gasteiger partial charge on any atom is -0.456 e. The molecule has 0 aromatic heterocycles. The number of nitrogens with one attached hydrogen (secondary N) is 2. The average molecular weight is 375 g/mol. The van der Waals surface area contributed by atoms with E-state index in [1.54, 1.807) is 0 Å². The smallest absolute Gasteiger partial charge is 0.324 e. The van der Waals surface area contributed by atoms with Crippen LogP contribution in [0.3, 0.4) is 0 Å². The van der Waals surface area contributed by atoms with Gasteiger partial charge < -0.3 is 15.4 Å². The molecule has 0 aliphatic carbocycles. The summed E-state index contributed by atoms with van der Waals surface area (Å²) in [6.45, 7) is 5.73. The van der Waals surface area contributed by atoms with Gasteiger partial charge in [-0.2, -0.15) is 0 Å². The molecule has 1 aromatic rings. The number of rotatable bonds is 8. The Bertz CT molecular complexity index is 729. The number of carbonyl (C=O) groups excluding carboxylic acids is 4. The fraction of sp³-hybridized carbons (Fsp3) is 0.474. The van der Waals surface area contributed by atoms with Crippen molar-refractivity contribution in [1.29, 1.82) is 0 Å². The lowest BCUT2D eigenvalue weighted by molar-refractivity contribution is -0.147. The van der Waals surface area contributed by atoms with Crippen LogP contribution in [0.15, 0.2) is 18.2 Å². The first-order valence-electron chi connectivity index (χ1n) is 8.92. The van der Waals surface area contributed by atoms with Gasteiger partial charge in [0.25, 0.3) is 5.91 Å². The quantitative estimate of drug-likeness (QED) is 0.534. The molecular weight excluding hydrogens is 350 g/mol. The number of aryl methyl sites for hydroxylation is 1. The van der Waals surface area contributed by atoms with E-state index in [0.29, 0.717) is 0 Å². The first kappa shape index (κ1) is 20.4. The molecule has 27 heavy (non-hydrogen) atoms. The summed E-state index contributed by atoms with van der Waals surface area (Å²) in [5.41, 5.74) is 2.70. The third-order valence-electron chi connectivity index (χ3n) is 4.26. The molecule has 1 aliphatic heterocycles. The van der Waals surface area contributed by atoms with E-state index in [9.17, 15) is 19.2 Å². The highest BCUT2D eigenvalue weighted by Gasteiger charge is 2.27. The lowest BCUT2D eigenvalue weighted by atomic mass is 9.98. The zero-order chi connectivity index (χ0) is 20.0. The molecule has 2 N–H and O–H groups in total. The van der Waals surface area contributed by atoms with Gasteiger partial charge >= 0.3 is 12.0 Å². The van der Waals surface area contributed by atoms with Gasteiger partial charge in [0.1, 0.15) is 0 Å². The maximum Gasteiger partial charge on any atom is 0.324 e. The Hall–Kier alpha value is -2.90. The van der Waals surface area contributed by atoms with Crippen LogP contribution in [0, 0.1) is 6.92 Å². The highest BCUT2D eigenvalue weighted by Crippen LogP contribution is 2.27. The van der Waals surface area contributed by atoms with Crippen LogP contribution in [-0.4, -0.2) is 48.4 Å². The normalized spacial score (nSPS) is 13.7. The summed E-state index contributed by atoms with van der Waals surface area (Å²) in [6, 6.07) is 5.34. The summed E-state index contributed by atoms with van der Waals surface area (Å²) in [5, 5.41) is 5.21. The molecule has 1 aliphatic rings. The van der Waals surface area contributed by atoms with Crippen molar-refractivity contribution >= 4 is 29.5 Å². The molecule has 4 amide bonds. The van der Waals surface area contributed by atoms with Crippen molar-refractivity contribution in [3.05, 3.63) is 29.3 Å². The Kier molecular flexibility index (Phi) is 6.92. The summed E-state index contributed by atoms with van der Waals surface area (Å²) in [5.74, 6) is -1.03. The van der Waals surface area contributed by atoms with Gasteiger partial charge in [-0.15, -0.1) is 0 Å². The monoisotopic (exact) mass is 375 g/mol. The van der Waals surface area contributed by atoms with Crippen molar-refractivity contribution in [1.82, 2.24) is 10.2 Å². The number of imide groups is 1. The van der Waals surface area contributed by atoms with Crippen molar-refractivity contribution < 1.29 is 23.9 Å². The van der Waals surface area contributed by atoms with Crippen LogP contribution in [0.5, 0.6) is 0 Å². The number of urea groups is 1. The molecule has 0 radical (unpaired) electrons. The fourth-order valence-corrected chi connectivity index (χ4v) is 2.80. The van der Waals surface area contributed by atoms with Crippen LogP contribution in [-0.2, 0) is 19.1 Å². The van der Waals surface area contributed by atoms with Gasteiger partial charge in [-0.05, 0) is 30.4 Å². The number of hydrogen-bond donors (Lipinski definition) is 2. The molecule has 0 spiro atoms. The van der Waals surface area contributed by atoms with Gasteiger partial charge in [-0.25, -0.2) is 4.79 Å². The second kappa shape index (κ2) is 9.16. The molecule has 1 saturated heterocycles. The zero-order valence-electron chi connectivity index (χ0n) is 15.8. The van der Waals surface area contributed by atoms with Crippen molar-refractivity contribution in [2.75, 3.05) is 25.0 Å². The maximum absolute atomic E-state index is 12.1. The molecule has 8 heteroatoms. The third kappa shape index (κ3) is 5.54. The summed E-state index contributed by atoms with van der Waals surface area (Å²) in [6.07, 6.45) is 0.306. The largest absolute Gasteiger partial charge is 0.456 e. The van der Waals surface area contributed by atoms with Crippen LogP contribution < -0.4 is 10.6 Å². The van der Waals surface area contributed by atoms with Gasteiger partial charge in [-0.1, -0.05) is 32.0 Å². The number of hydrogen-bond acceptors (Lipinski definition) is 5. The molecule has 2 rings (SSSR count). The highest BCUT2D eigenvalue weighted by molar-refractivity contribution is 6.01. The van der Waals surface area contributed by atoms with Crippen molar-refractivity contribution in [3.8, 4) is 0 Å². The van der Waals surface area contributed by atoms with Crippen molar-refractivity contribution in [2.24, 2.45) is 0 Å². The molecule has 0 saturated carbocycles. The second-order valence-corrected chi connectivity index (χ2v) is 6.71. The van der Waals surface area contributed by atoms with Crippen LogP contribution in [0.2, 0.25) is 0 Å². The van der Waals surface area contributed by atoms with Crippen LogP contribution in [0.25, 0.3) is 0 Å². The van der Waals surface area contributed by atoms with E-state index in [1.165, 1.54) is 0 Å². The second-order valence-electron chi connectivity index (χ2n) is 6.71. The molecule has 0 unspecified atom stereocenters.